The third kappa shape index (κ3) is 3.86. The molecule has 0 bridgehead atoms. The van der Waals surface area contributed by atoms with Crippen molar-refractivity contribution in [2.24, 2.45) is 0 Å². The summed E-state index contributed by atoms with van der Waals surface area (Å²) in [6.07, 6.45) is -4.99. The number of esters is 1. The quantitative estimate of drug-likeness (QED) is 0.633. The molecular weight excluding hydrogens is 241 g/mol. The van der Waals surface area contributed by atoms with Gasteiger partial charge >= 0.3 is 12.1 Å². The van der Waals surface area contributed by atoms with Crippen LogP contribution in [0.25, 0.3) is 0 Å². The Balaban J connectivity index is 2.46. The van der Waals surface area contributed by atoms with Crippen molar-refractivity contribution in [1.82, 2.24) is 0 Å². The second-order valence-electron chi connectivity index (χ2n) is 3.21. The summed E-state index contributed by atoms with van der Waals surface area (Å²) >= 11 is 0. The molecule has 94 valence electrons. The molecule has 1 aromatic carbocycles. The SMILES string of the molecule is O=C(OCCc1ccc(O)c(O)c1)C(F)(F)F. The average Bonchev–Trinajstić information content (AvgIpc) is 2.22. The van der Waals surface area contributed by atoms with E-state index in [1.165, 1.54) is 18.2 Å². The van der Waals surface area contributed by atoms with E-state index in [1.54, 1.807) is 0 Å². The molecule has 17 heavy (non-hydrogen) atoms. The average molecular weight is 250 g/mol. The molecule has 4 nitrogen and oxygen atoms in total. The maximum atomic E-state index is 11.7. The van der Waals surface area contributed by atoms with Crippen LogP contribution in [0.5, 0.6) is 11.5 Å². The summed E-state index contributed by atoms with van der Waals surface area (Å²) in [6.45, 7) is -0.456. The van der Waals surface area contributed by atoms with Crippen molar-refractivity contribution >= 4 is 5.97 Å². The Morgan fingerprint density at radius 2 is 1.88 bits per heavy atom. The van der Waals surface area contributed by atoms with Gasteiger partial charge in [-0.2, -0.15) is 13.2 Å². The summed E-state index contributed by atoms with van der Waals surface area (Å²) in [5.41, 5.74) is 0.440. The molecule has 1 aromatic rings. The summed E-state index contributed by atoms with van der Waals surface area (Å²) < 4.78 is 39.2. The molecule has 0 aromatic heterocycles. The van der Waals surface area contributed by atoms with Crippen LogP contribution in [0, 0.1) is 0 Å². The van der Waals surface area contributed by atoms with Gasteiger partial charge in [0.15, 0.2) is 11.5 Å². The van der Waals surface area contributed by atoms with Crippen molar-refractivity contribution < 1.29 is 32.9 Å². The van der Waals surface area contributed by atoms with Crippen LogP contribution in [0.1, 0.15) is 5.56 Å². The fourth-order valence-electron chi connectivity index (χ4n) is 1.07. The molecule has 0 saturated carbocycles. The summed E-state index contributed by atoms with van der Waals surface area (Å²) in [7, 11) is 0. The van der Waals surface area contributed by atoms with Gasteiger partial charge in [0.1, 0.15) is 0 Å². The molecular formula is C10H9F3O4. The highest BCUT2D eigenvalue weighted by molar-refractivity contribution is 5.75. The number of carbonyl (C=O) groups excluding carboxylic acids is 1. The molecule has 0 saturated heterocycles. The van der Waals surface area contributed by atoms with E-state index in [9.17, 15) is 18.0 Å². The van der Waals surface area contributed by atoms with Gasteiger partial charge in [0, 0.05) is 6.42 Å². The van der Waals surface area contributed by atoms with Crippen molar-refractivity contribution in [1.29, 1.82) is 0 Å². The molecule has 0 unspecified atom stereocenters. The Bertz CT molecular complexity index is 415. The molecule has 0 aliphatic heterocycles. The Kier molecular flexibility index (Phi) is 3.82. The van der Waals surface area contributed by atoms with E-state index in [0.29, 0.717) is 5.56 Å². The largest absolute Gasteiger partial charge is 0.504 e. The highest BCUT2D eigenvalue weighted by atomic mass is 19.4. The minimum absolute atomic E-state index is 0.00958. The number of ether oxygens (including phenoxy) is 1. The molecule has 0 radical (unpaired) electrons. The van der Waals surface area contributed by atoms with Gasteiger partial charge in [-0.05, 0) is 17.7 Å². The zero-order valence-corrected chi connectivity index (χ0v) is 8.49. The van der Waals surface area contributed by atoms with Crippen molar-refractivity contribution in [2.45, 2.75) is 12.6 Å². The zero-order chi connectivity index (χ0) is 13.1. The van der Waals surface area contributed by atoms with E-state index in [2.05, 4.69) is 4.74 Å². The summed E-state index contributed by atoms with van der Waals surface area (Å²) in [5, 5.41) is 18.1. The summed E-state index contributed by atoms with van der Waals surface area (Å²) in [4.78, 5) is 10.3. The standard InChI is InChI=1S/C10H9F3O4/c11-10(12,13)9(16)17-4-3-6-1-2-7(14)8(15)5-6/h1-2,5,14-15H,3-4H2. The smallest absolute Gasteiger partial charge is 0.490 e. The van der Waals surface area contributed by atoms with Gasteiger partial charge in [0.25, 0.3) is 0 Å². The fourth-order valence-corrected chi connectivity index (χ4v) is 1.07. The number of hydrogen-bond donors (Lipinski definition) is 2. The van der Waals surface area contributed by atoms with E-state index in [1.807, 2.05) is 0 Å². The van der Waals surface area contributed by atoms with Gasteiger partial charge in [-0.15, -0.1) is 0 Å². The van der Waals surface area contributed by atoms with Gasteiger partial charge in [-0.25, -0.2) is 4.79 Å². The number of hydrogen-bond acceptors (Lipinski definition) is 4. The number of halogens is 3. The Morgan fingerprint density at radius 3 is 2.41 bits per heavy atom. The lowest BCUT2D eigenvalue weighted by Gasteiger charge is -2.07. The van der Waals surface area contributed by atoms with Crippen molar-refractivity contribution in [3.8, 4) is 11.5 Å². The molecule has 0 heterocycles. The number of carbonyl (C=O) groups is 1. The highest BCUT2D eigenvalue weighted by Crippen LogP contribution is 2.25. The Hall–Kier alpha value is -1.92. The molecule has 1 rings (SSSR count). The fraction of sp³-hybridized carbons (Fsp3) is 0.300. The first kappa shape index (κ1) is 13.1. The lowest BCUT2D eigenvalue weighted by atomic mass is 10.1. The Labute approximate surface area is 94.3 Å². The minimum Gasteiger partial charge on any atom is -0.504 e. The number of aromatic hydroxyl groups is 2. The third-order valence-electron chi connectivity index (χ3n) is 1.90. The molecule has 0 aliphatic carbocycles. The molecule has 0 fully saturated rings. The second-order valence-corrected chi connectivity index (χ2v) is 3.21. The molecule has 0 amide bonds. The van der Waals surface area contributed by atoms with Gasteiger partial charge < -0.3 is 14.9 Å². The first-order valence-electron chi connectivity index (χ1n) is 4.55. The maximum Gasteiger partial charge on any atom is 0.490 e. The van der Waals surface area contributed by atoms with Crippen LogP contribution < -0.4 is 0 Å². The van der Waals surface area contributed by atoms with Crippen LogP contribution in [-0.2, 0) is 16.0 Å². The number of benzene rings is 1. The van der Waals surface area contributed by atoms with E-state index in [-0.39, 0.29) is 17.9 Å². The topological polar surface area (TPSA) is 66.8 Å². The van der Waals surface area contributed by atoms with E-state index in [4.69, 9.17) is 10.2 Å². The molecule has 0 aliphatic rings. The van der Waals surface area contributed by atoms with Crippen LogP contribution in [-0.4, -0.2) is 29.0 Å². The molecule has 0 spiro atoms. The highest BCUT2D eigenvalue weighted by Gasteiger charge is 2.40. The van der Waals surface area contributed by atoms with Crippen LogP contribution in [0.3, 0.4) is 0 Å². The van der Waals surface area contributed by atoms with Crippen LogP contribution in [0.15, 0.2) is 18.2 Å². The van der Waals surface area contributed by atoms with Crippen LogP contribution in [0.4, 0.5) is 13.2 Å². The molecule has 7 heteroatoms. The monoisotopic (exact) mass is 250 g/mol. The Morgan fingerprint density at radius 1 is 1.24 bits per heavy atom. The van der Waals surface area contributed by atoms with Crippen molar-refractivity contribution in [3.05, 3.63) is 23.8 Å². The van der Waals surface area contributed by atoms with E-state index in [0.717, 1.165) is 0 Å². The van der Waals surface area contributed by atoms with Gasteiger partial charge in [-0.1, -0.05) is 6.07 Å². The van der Waals surface area contributed by atoms with E-state index < -0.39 is 18.8 Å². The minimum atomic E-state index is -5.00. The third-order valence-corrected chi connectivity index (χ3v) is 1.90. The second kappa shape index (κ2) is 4.94. The van der Waals surface area contributed by atoms with E-state index >= 15 is 0 Å². The van der Waals surface area contributed by atoms with Gasteiger partial charge in [-0.3, -0.25) is 0 Å². The number of alkyl halides is 3. The zero-order valence-electron chi connectivity index (χ0n) is 8.49. The number of phenols is 2. The normalized spacial score (nSPS) is 11.2. The summed E-state index contributed by atoms with van der Waals surface area (Å²) in [5.74, 6) is -2.97. The number of rotatable bonds is 3. The van der Waals surface area contributed by atoms with Crippen molar-refractivity contribution in [2.75, 3.05) is 6.61 Å². The first-order chi connectivity index (χ1) is 7.80. The van der Waals surface area contributed by atoms with Crippen LogP contribution in [0.2, 0.25) is 0 Å². The van der Waals surface area contributed by atoms with Gasteiger partial charge in [0.05, 0.1) is 6.61 Å². The lowest BCUT2D eigenvalue weighted by Crippen LogP contribution is -2.26. The summed E-state index contributed by atoms with van der Waals surface area (Å²) in [6, 6.07) is 3.77. The van der Waals surface area contributed by atoms with Gasteiger partial charge in [0.2, 0.25) is 0 Å². The predicted molar refractivity (Wildman–Crippen MR) is 50.5 cm³/mol. The molecule has 0 atom stereocenters. The maximum absolute atomic E-state index is 11.7. The first-order valence-corrected chi connectivity index (χ1v) is 4.55. The molecule has 2 N–H and O–H groups in total. The lowest BCUT2D eigenvalue weighted by molar-refractivity contribution is -0.199. The number of phenolic OH excluding ortho intramolecular Hbond substituents is 2. The van der Waals surface area contributed by atoms with Crippen molar-refractivity contribution in [3.63, 3.8) is 0 Å². The predicted octanol–water partition coefficient (Wildman–Crippen LogP) is 1.75. The van der Waals surface area contributed by atoms with Crippen LogP contribution >= 0.6 is 0 Å².